The molecule has 76 valence electrons. The third-order valence-corrected chi connectivity index (χ3v) is 1.37. The molecule has 4 N–H and O–H groups in total. The van der Waals surface area contributed by atoms with E-state index in [4.69, 9.17) is 5.11 Å². The number of hydrogen-bond donors (Lipinski definition) is 2. The molecule has 0 saturated carbocycles. The Labute approximate surface area is 80.9 Å². The van der Waals surface area contributed by atoms with Crippen molar-refractivity contribution >= 4 is 11.9 Å². The van der Waals surface area contributed by atoms with E-state index in [-0.39, 0.29) is 17.5 Å². The molecule has 0 aliphatic rings. The van der Waals surface area contributed by atoms with Gasteiger partial charge in [0.1, 0.15) is 11.3 Å². The first kappa shape index (κ1) is 12.1. The molecule has 1 aromatic carbocycles. The molecule has 0 radical (unpaired) electrons. The van der Waals surface area contributed by atoms with E-state index in [9.17, 15) is 9.59 Å². The number of carboxylic acids is 1. The van der Waals surface area contributed by atoms with Crippen LogP contribution in [0.25, 0.3) is 0 Å². The van der Waals surface area contributed by atoms with Crippen LogP contribution >= 0.6 is 0 Å². The van der Waals surface area contributed by atoms with E-state index in [2.05, 4.69) is 4.74 Å². The number of aromatic carboxylic acids is 1. The number of ether oxygens (including phenoxy) is 1. The summed E-state index contributed by atoms with van der Waals surface area (Å²) in [5, 5.41) is 8.69. The molecule has 0 bridgehead atoms. The van der Waals surface area contributed by atoms with Crippen LogP contribution in [0.4, 0.5) is 0 Å². The van der Waals surface area contributed by atoms with Gasteiger partial charge in [-0.2, -0.15) is 0 Å². The van der Waals surface area contributed by atoms with Crippen LogP contribution in [-0.4, -0.2) is 17.0 Å². The maximum Gasteiger partial charge on any atom is 0.339 e. The Kier molecular flexibility index (Phi) is 4.31. The second-order valence-corrected chi connectivity index (χ2v) is 2.39. The Balaban J connectivity index is 0.00000169. The summed E-state index contributed by atoms with van der Waals surface area (Å²) in [5.41, 5.74) is -0.0160. The lowest BCUT2D eigenvalue weighted by Gasteiger charge is -2.03. The number of carbonyl (C=O) groups is 2. The van der Waals surface area contributed by atoms with E-state index < -0.39 is 11.9 Å². The summed E-state index contributed by atoms with van der Waals surface area (Å²) in [6.45, 7) is 1.22. The Morgan fingerprint density at radius 3 is 2.36 bits per heavy atom. The molecule has 14 heavy (non-hydrogen) atoms. The van der Waals surface area contributed by atoms with Crippen molar-refractivity contribution in [1.82, 2.24) is 6.15 Å². The lowest BCUT2D eigenvalue weighted by atomic mass is 10.2. The summed E-state index contributed by atoms with van der Waals surface area (Å²) < 4.78 is 4.69. The summed E-state index contributed by atoms with van der Waals surface area (Å²) in [7, 11) is 0. The number of hydrogen-bond acceptors (Lipinski definition) is 4. The van der Waals surface area contributed by atoms with Crippen molar-refractivity contribution in [1.29, 1.82) is 0 Å². The molecule has 0 aliphatic heterocycles. The van der Waals surface area contributed by atoms with Crippen molar-refractivity contribution in [2.75, 3.05) is 0 Å². The third kappa shape index (κ3) is 2.87. The number of para-hydroxylation sites is 1. The van der Waals surface area contributed by atoms with Crippen LogP contribution in [-0.2, 0) is 4.79 Å². The molecule has 0 fully saturated rings. The van der Waals surface area contributed by atoms with Crippen molar-refractivity contribution in [3.05, 3.63) is 29.8 Å². The molecule has 0 unspecified atom stereocenters. The van der Waals surface area contributed by atoms with Crippen molar-refractivity contribution in [3.63, 3.8) is 0 Å². The van der Waals surface area contributed by atoms with Gasteiger partial charge in [0.05, 0.1) is 0 Å². The summed E-state index contributed by atoms with van der Waals surface area (Å²) in [6, 6.07) is 5.98. The standard InChI is InChI=1S/C9H8O4.H3N/c1-6(10)13-8-5-3-2-4-7(8)9(11)12;/h2-5H,1H3,(H,11,12);1H3. The van der Waals surface area contributed by atoms with Crippen LogP contribution in [0.3, 0.4) is 0 Å². The zero-order valence-corrected chi connectivity index (χ0v) is 7.69. The van der Waals surface area contributed by atoms with E-state index in [0.29, 0.717) is 0 Å². The highest BCUT2D eigenvalue weighted by Gasteiger charge is 2.10. The van der Waals surface area contributed by atoms with Gasteiger partial charge in [0.2, 0.25) is 0 Å². The van der Waals surface area contributed by atoms with Gasteiger partial charge in [-0.3, -0.25) is 4.79 Å². The summed E-state index contributed by atoms with van der Waals surface area (Å²) >= 11 is 0. The average Bonchev–Trinajstić information content (AvgIpc) is 2.03. The van der Waals surface area contributed by atoms with E-state index in [0.717, 1.165) is 0 Å². The number of esters is 1. The minimum absolute atomic E-state index is 0. The van der Waals surface area contributed by atoms with Gasteiger partial charge >= 0.3 is 11.9 Å². The van der Waals surface area contributed by atoms with Crippen LogP contribution in [0.1, 0.15) is 17.3 Å². The molecule has 5 nitrogen and oxygen atoms in total. The van der Waals surface area contributed by atoms with Gasteiger partial charge < -0.3 is 16.0 Å². The first-order chi connectivity index (χ1) is 6.11. The Morgan fingerprint density at radius 1 is 1.29 bits per heavy atom. The first-order valence-electron chi connectivity index (χ1n) is 3.62. The van der Waals surface area contributed by atoms with E-state index in [1.807, 2.05) is 0 Å². The summed E-state index contributed by atoms with van der Waals surface area (Å²) in [5.74, 6) is -1.58. The van der Waals surface area contributed by atoms with Gasteiger partial charge in [0.15, 0.2) is 0 Å². The van der Waals surface area contributed by atoms with Gasteiger partial charge in [0, 0.05) is 6.92 Å². The molecular formula is C9H11NO4. The molecule has 0 heterocycles. The van der Waals surface area contributed by atoms with Crippen LogP contribution in [0, 0.1) is 0 Å². The topological polar surface area (TPSA) is 98.6 Å². The Hall–Kier alpha value is -1.88. The minimum atomic E-state index is -1.11. The Morgan fingerprint density at radius 2 is 1.86 bits per heavy atom. The predicted molar refractivity (Wildman–Crippen MR) is 49.7 cm³/mol. The lowest BCUT2D eigenvalue weighted by molar-refractivity contribution is -0.131. The number of carbonyl (C=O) groups excluding carboxylic acids is 1. The van der Waals surface area contributed by atoms with Gasteiger partial charge in [0.25, 0.3) is 0 Å². The fraction of sp³-hybridized carbons (Fsp3) is 0.111. The van der Waals surface area contributed by atoms with Crippen LogP contribution in [0.2, 0.25) is 0 Å². The highest BCUT2D eigenvalue weighted by Crippen LogP contribution is 2.17. The van der Waals surface area contributed by atoms with Gasteiger partial charge in [-0.25, -0.2) is 4.79 Å². The largest absolute Gasteiger partial charge is 0.478 e. The number of carboxylic acid groups (broad SMARTS) is 1. The smallest absolute Gasteiger partial charge is 0.339 e. The number of rotatable bonds is 2. The molecule has 0 aromatic heterocycles. The molecule has 0 saturated heterocycles. The lowest BCUT2D eigenvalue weighted by Crippen LogP contribution is -2.06. The van der Waals surface area contributed by atoms with Crippen LogP contribution < -0.4 is 10.9 Å². The first-order valence-corrected chi connectivity index (χ1v) is 3.62. The summed E-state index contributed by atoms with van der Waals surface area (Å²) in [4.78, 5) is 21.2. The maximum atomic E-state index is 10.6. The molecule has 1 aromatic rings. The second-order valence-electron chi connectivity index (χ2n) is 2.39. The van der Waals surface area contributed by atoms with Crippen LogP contribution in [0.5, 0.6) is 5.75 Å². The van der Waals surface area contributed by atoms with Gasteiger partial charge in [-0.05, 0) is 12.1 Å². The van der Waals surface area contributed by atoms with Crippen molar-refractivity contribution < 1.29 is 19.4 Å². The fourth-order valence-electron chi connectivity index (χ4n) is 0.887. The Bertz CT molecular complexity index is 348. The van der Waals surface area contributed by atoms with Crippen LogP contribution in [0.15, 0.2) is 24.3 Å². The minimum Gasteiger partial charge on any atom is -0.478 e. The van der Waals surface area contributed by atoms with E-state index >= 15 is 0 Å². The normalized spacial score (nSPS) is 8.64. The van der Waals surface area contributed by atoms with Crippen molar-refractivity contribution in [3.8, 4) is 5.75 Å². The van der Waals surface area contributed by atoms with Crippen molar-refractivity contribution in [2.45, 2.75) is 6.92 Å². The third-order valence-electron chi connectivity index (χ3n) is 1.37. The van der Waals surface area contributed by atoms with Gasteiger partial charge in [-0.15, -0.1) is 0 Å². The molecule has 5 heteroatoms. The quantitative estimate of drug-likeness (QED) is 0.552. The molecule has 1 rings (SSSR count). The molecule has 0 atom stereocenters. The maximum absolute atomic E-state index is 10.6. The summed E-state index contributed by atoms with van der Waals surface area (Å²) in [6.07, 6.45) is 0. The zero-order valence-electron chi connectivity index (χ0n) is 7.69. The SMILES string of the molecule is CC(=O)Oc1ccccc1C(=O)O.N. The zero-order chi connectivity index (χ0) is 9.84. The fourth-order valence-corrected chi connectivity index (χ4v) is 0.887. The number of benzene rings is 1. The van der Waals surface area contributed by atoms with Gasteiger partial charge in [-0.1, -0.05) is 12.1 Å². The predicted octanol–water partition coefficient (Wildman–Crippen LogP) is 1.47. The highest BCUT2D eigenvalue weighted by molar-refractivity contribution is 5.91. The average molecular weight is 197 g/mol. The second kappa shape index (κ2) is 4.98. The van der Waals surface area contributed by atoms with Crippen molar-refractivity contribution in [2.24, 2.45) is 0 Å². The van der Waals surface area contributed by atoms with E-state index in [1.165, 1.54) is 19.1 Å². The van der Waals surface area contributed by atoms with E-state index in [1.54, 1.807) is 12.1 Å². The molecule has 0 amide bonds. The monoisotopic (exact) mass is 197 g/mol. The molecule has 0 spiro atoms. The highest BCUT2D eigenvalue weighted by atomic mass is 16.5. The molecular weight excluding hydrogens is 186 g/mol. The molecule has 0 aliphatic carbocycles.